The standard InChI is InChI=1S/C22H24FN3O6/c1-4-25(7-8-27)21-17(23)10-15-19(28)16(22(29)30)12-26(20(15)24-21)11-13-5-6-14(31-2)9-18(13)32-3/h5-6,9-10,12,27H,4,7-8,11H2,1-3H3,(H,29,30). The molecule has 2 heterocycles. The summed E-state index contributed by atoms with van der Waals surface area (Å²) in [4.78, 5) is 30.3. The third-order valence-corrected chi connectivity index (χ3v) is 5.10. The maximum absolute atomic E-state index is 14.8. The minimum atomic E-state index is -1.42. The Bertz CT molecular complexity index is 1210. The van der Waals surface area contributed by atoms with Crippen molar-refractivity contribution in [1.29, 1.82) is 0 Å². The van der Waals surface area contributed by atoms with E-state index in [1.54, 1.807) is 25.1 Å². The molecule has 1 aromatic carbocycles. The first-order valence-electron chi connectivity index (χ1n) is 9.88. The van der Waals surface area contributed by atoms with Crippen molar-refractivity contribution in [3.63, 3.8) is 0 Å². The van der Waals surface area contributed by atoms with Crippen molar-refractivity contribution in [2.45, 2.75) is 13.5 Å². The number of carbonyl (C=O) groups is 1. The Kier molecular flexibility index (Phi) is 6.94. The molecule has 0 radical (unpaired) electrons. The van der Waals surface area contributed by atoms with Crippen LogP contribution in [0.2, 0.25) is 0 Å². The van der Waals surface area contributed by atoms with Gasteiger partial charge in [-0.2, -0.15) is 0 Å². The van der Waals surface area contributed by atoms with Crippen molar-refractivity contribution in [1.82, 2.24) is 9.55 Å². The molecule has 0 aliphatic carbocycles. The van der Waals surface area contributed by atoms with E-state index in [2.05, 4.69) is 4.98 Å². The van der Waals surface area contributed by atoms with Gasteiger partial charge in [-0.3, -0.25) is 4.79 Å². The first-order valence-corrected chi connectivity index (χ1v) is 9.88. The van der Waals surface area contributed by atoms with E-state index in [4.69, 9.17) is 9.47 Å². The summed E-state index contributed by atoms with van der Waals surface area (Å²) in [6.45, 7) is 2.20. The number of rotatable bonds is 9. The second-order valence-electron chi connectivity index (χ2n) is 6.95. The van der Waals surface area contributed by atoms with Crippen LogP contribution in [0.25, 0.3) is 11.0 Å². The van der Waals surface area contributed by atoms with Gasteiger partial charge in [0.05, 0.1) is 32.8 Å². The van der Waals surface area contributed by atoms with E-state index in [-0.39, 0.29) is 36.5 Å². The lowest BCUT2D eigenvalue weighted by atomic mass is 10.1. The largest absolute Gasteiger partial charge is 0.497 e. The summed E-state index contributed by atoms with van der Waals surface area (Å²) in [5.74, 6) is -1.17. The van der Waals surface area contributed by atoms with Crippen molar-refractivity contribution in [3.05, 3.63) is 57.6 Å². The Hall–Kier alpha value is -3.66. The van der Waals surface area contributed by atoms with Gasteiger partial charge in [-0.25, -0.2) is 14.2 Å². The number of hydrogen-bond acceptors (Lipinski definition) is 7. The molecule has 0 saturated heterocycles. The van der Waals surface area contributed by atoms with E-state index in [1.807, 2.05) is 0 Å². The van der Waals surface area contributed by atoms with Crippen molar-refractivity contribution >= 4 is 22.8 Å². The fraction of sp³-hybridized carbons (Fsp3) is 0.318. The molecule has 0 saturated carbocycles. The zero-order chi connectivity index (χ0) is 23.4. The molecule has 0 bridgehead atoms. The van der Waals surface area contributed by atoms with Gasteiger partial charge in [0.15, 0.2) is 11.6 Å². The number of fused-ring (bicyclic) bond motifs is 1. The number of benzene rings is 1. The minimum absolute atomic E-state index is 0.0352. The Morgan fingerprint density at radius 3 is 2.59 bits per heavy atom. The number of halogens is 1. The third kappa shape index (κ3) is 4.35. The Labute approximate surface area is 183 Å². The molecule has 0 amide bonds. The Balaban J connectivity index is 2.27. The first-order chi connectivity index (χ1) is 15.3. The maximum Gasteiger partial charge on any atom is 0.341 e. The van der Waals surface area contributed by atoms with Gasteiger partial charge in [-0.15, -0.1) is 0 Å². The van der Waals surface area contributed by atoms with E-state index >= 15 is 0 Å². The van der Waals surface area contributed by atoms with Gasteiger partial charge in [0, 0.05) is 30.9 Å². The number of carboxylic acids is 1. The summed E-state index contributed by atoms with van der Waals surface area (Å²) in [7, 11) is 3.01. The molecule has 3 aromatic rings. The zero-order valence-electron chi connectivity index (χ0n) is 18.0. The smallest absolute Gasteiger partial charge is 0.341 e. The Morgan fingerprint density at radius 1 is 1.25 bits per heavy atom. The van der Waals surface area contributed by atoms with Gasteiger partial charge in [-0.1, -0.05) is 0 Å². The van der Waals surface area contributed by atoms with Crippen LogP contribution in [-0.4, -0.2) is 59.6 Å². The highest BCUT2D eigenvalue weighted by Gasteiger charge is 2.21. The monoisotopic (exact) mass is 445 g/mol. The van der Waals surface area contributed by atoms with Crippen LogP contribution in [0.1, 0.15) is 22.8 Å². The molecule has 2 N–H and O–H groups in total. The number of methoxy groups -OCH3 is 2. The molecule has 0 aliphatic heterocycles. The van der Waals surface area contributed by atoms with Crippen LogP contribution in [0.4, 0.5) is 10.2 Å². The Morgan fingerprint density at radius 2 is 2.00 bits per heavy atom. The van der Waals surface area contributed by atoms with E-state index < -0.39 is 22.8 Å². The van der Waals surface area contributed by atoms with Crippen molar-refractivity contribution in [3.8, 4) is 11.5 Å². The number of pyridine rings is 2. The number of anilines is 1. The van der Waals surface area contributed by atoms with E-state index in [1.165, 1.54) is 29.9 Å². The van der Waals surface area contributed by atoms with Gasteiger partial charge < -0.3 is 29.2 Å². The van der Waals surface area contributed by atoms with Gasteiger partial charge >= 0.3 is 5.97 Å². The molecular weight excluding hydrogens is 421 g/mol. The summed E-state index contributed by atoms with van der Waals surface area (Å²) in [6, 6.07) is 6.14. The summed E-state index contributed by atoms with van der Waals surface area (Å²) in [5, 5.41) is 18.6. The lowest BCUT2D eigenvalue weighted by molar-refractivity contribution is 0.0695. The number of aliphatic hydroxyl groups excluding tert-OH is 1. The van der Waals surface area contributed by atoms with Crippen LogP contribution in [0.5, 0.6) is 11.5 Å². The van der Waals surface area contributed by atoms with Crippen LogP contribution in [-0.2, 0) is 6.54 Å². The number of nitrogens with zero attached hydrogens (tertiary/aromatic N) is 3. The molecule has 2 aromatic heterocycles. The number of carboxylic acid groups (broad SMARTS) is 1. The van der Waals surface area contributed by atoms with Gasteiger partial charge in [0.25, 0.3) is 0 Å². The van der Waals surface area contributed by atoms with Crippen molar-refractivity contribution < 1.29 is 28.9 Å². The average Bonchev–Trinajstić information content (AvgIpc) is 2.79. The second-order valence-corrected chi connectivity index (χ2v) is 6.95. The lowest BCUT2D eigenvalue weighted by Gasteiger charge is -2.22. The molecule has 170 valence electrons. The molecule has 0 fully saturated rings. The molecule has 32 heavy (non-hydrogen) atoms. The molecule has 0 spiro atoms. The predicted octanol–water partition coefficient (Wildman–Crippen LogP) is 2.12. The van der Waals surface area contributed by atoms with Gasteiger partial charge in [0.2, 0.25) is 5.43 Å². The van der Waals surface area contributed by atoms with Crippen LogP contribution in [0, 0.1) is 5.82 Å². The van der Waals surface area contributed by atoms with Crippen LogP contribution < -0.4 is 19.8 Å². The third-order valence-electron chi connectivity index (χ3n) is 5.10. The second kappa shape index (κ2) is 9.65. The van der Waals surface area contributed by atoms with Crippen LogP contribution in [0.3, 0.4) is 0 Å². The highest BCUT2D eigenvalue weighted by Crippen LogP contribution is 2.27. The maximum atomic E-state index is 14.8. The number of likely N-dealkylation sites (N-methyl/N-ethyl adjacent to an activating group) is 1. The van der Waals surface area contributed by atoms with Crippen molar-refractivity contribution in [2.24, 2.45) is 0 Å². The molecule has 9 nitrogen and oxygen atoms in total. The number of aromatic nitrogens is 2. The predicted molar refractivity (Wildman–Crippen MR) is 117 cm³/mol. The van der Waals surface area contributed by atoms with E-state index in [0.717, 1.165) is 6.07 Å². The molecular formula is C22H24FN3O6. The first kappa shape index (κ1) is 23.0. The summed E-state index contributed by atoms with van der Waals surface area (Å²) >= 11 is 0. The summed E-state index contributed by atoms with van der Waals surface area (Å²) in [5.41, 5.74) is -0.536. The summed E-state index contributed by atoms with van der Waals surface area (Å²) in [6.07, 6.45) is 1.19. The van der Waals surface area contributed by atoms with Crippen LogP contribution >= 0.6 is 0 Å². The minimum Gasteiger partial charge on any atom is -0.497 e. The fourth-order valence-electron chi connectivity index (χ4n) is 3.47. The van der Waals surface area contributed by atoms with E-state index in [9.17, 15) is 24.2 Å². The highest BCUT2D eigenvalue weighted by atomic mass is 19.1. The quantitative estimate of drug-likeness (QED) is 0.515. The molecule has 0 aliphatic rings. The molecule has 0 unspecified atom stereocenters. The fourth-order valence-corrected chi connectivity index (χ4v) is 3.47. The van der Waals surface area contributed by atoms with Gasteiger partial charge in [-0.05, 0) is 25.1 Å². The van der Waals surface area contributed by atoms with E-state index in [0.29, 0.717) is 23.6 Å². The molecule has 0 atom stereocenters. The average molecular weight is 445 g/mol. The zero-order valence-corrected chi connectivity index (χ0v) is 18.0. The normalized spacial score (nSPS) is 10.9. The molecule has 10 heteroatoms. The van der Waals surface area contributed by atoms with Gasteiger partial charge in [0.1, 0.15) is 22.7 Å². The SMILES string of the molecule is CCN(CCO)c1nc2c(cc1F)c(=O)c(C(=O)O)cn2Cc1ccc(OC)cc1OC. The molecule has 3 rings (SSSR count). The number of ether oxygens (including phenoxy) is 2. The highest BCUT2D eigenvalue weighted by molar-refractivity contribution is 5.92. The number of aliphatic hydroxyl groups is 1. The number of hydrogen-bond donors (Lipinski definition) is 2. The number of aromatic carboxylic acids is 1. The topological polar surface area (TPSA) is 114 Å². The lowest BCUT2D eigenvalue weighted by Crippen LogP contribution is -2.29. The van der Waals surface area contributed by atoms with Crippen LogP contribution in [0.15, 0.2) is 35.3 Å². The summed E-state index contributed by atoms with van der Waals surface area (Å²) < 4.78 is 26.9. The van der Waals surface area contributed by atoms with Crippen molar-refractivity contribution in [2.75, 3.05) is 38.8 Å².